The number of aryl methyl sites for hydroxylation is 1. The highest BCUT2D eigenvalue weighted by atomic mass is 32.2. The van der Waals surface area contributed by atoms with Crippen molar-refractivity contribution in [2.45, 2.75) is 69.8 Å². The molecule has 1 atom stereocenters. The van der Waals surface area contributed by atoms with Gasteiger partial charge in [0.05, 0.1) is 5.75 Å². The van der Waals surface area contributed by atoms with Crippen molar-refractivity contribution in [2.24, 2.45) is 17.6 Å². The molecular formula is C16H29N3OS. The minimum Gasteiger partial charge on any atom is -0.339 e. The molecule has 1 aromatic heterocycles. The lowest BCUT2D eigenvalue weighted by molar-refractivity contribution is 0.313. The van der Waals surface area contributed by atoms with Crippen LogP contribution in [0.25, 0.3) is 0 Å². The van der Waals surface area contributed by atoms with Crippen LogP contribution >= 0.6 is 11.8 Å². The van der Waals surface area contributed by atoms with Gasteiger partial charge in [-0.25, -0.2) is 0 Å². The second kappa shape index (κ2) is 8.79. The quantitative estimate of drug-likeness (QED) is 0.751. The second-order valence-corrected chi connectivity index (χ2v) is 7.73. The summed E-state index contributed by atoms with van der Waals surface area (Å²) in [6, 6.07) is 0. The van der Waals surface area contributed by atoms with Crippen molar-refractivity contribution in [3.05, 3.63) is 11.7 Å². The third kappa shape index (κ3) is 5.62. The molecule has 1 aliphatic rings. The lowest BCUT2D eigenvalue weighted by atomic mass is 9.88. The van der Waals surface area contributed by atoms with E-state index in [1.165, 1.54) is 25.7 Å². The molecule has 0 amide bonds. The van der Waals surface area contributed by atoms with E-state index >= 15 is 0 Å². The zero-order chi connectivity index (χ0) is 15.1. The molecule has 120 valence electrons. The SMILES string of the molecule is CC(C)C(CCN)CCc1nc(CSC2CCCC2)no1. The number of thioether (sulfide) groups is 1. The van der Waals surface area contributed by atoms with Crippen LogP contribution in [0.4, 0.5) is 0 Å². The first kappa shape index (κ1) is 16.8. The van der Waals surface area contributed by atoms with Crippen molar-refractivity contribution < 1.29 is 4.52 Å². The molecule has 1 aliphatic carbocycles. The van der Waals surface area contributed by atoms with E-state index in [-0.39, 0.29) is 0 Å². The number of nitrogens with zero attached hydrogens (tertiary/aromatic N) is 2. The van der Waals surface area contributed by atoms with E-state index in [9.17, 15) is 0 Å². The molecule has 1 saturated carbocycles. The summed E-state index contributed by atoms with van der Waals surface area (Å²) in [6.07, 6.45) is 8.52. The normalized spacial score (nSPS) is 17.7. The smallest absolute Gasteiger partial charge is 0.226 e. The molecule has 1 unspecified atom stereocenters. The molecule has 5 heteroatoms. The summed E-state index contributed by atoms with van der Waals surface area (Å²) in [5.41, 5.74) is 5.69. The van der Waals surface area contributed by atoms with Gasteiger partial charge in [-0.3, -0.25) is 0 Å². The lowest BCUT2D eigenvalue weighted by Gasteiger charge is -2.18. The molecule has 1 heterocycles. The molecule has 2 N–H and O–H groups in total. The summed E-state index contributed by atoms with van der Waals surface area (Å²) in [5.74, 6) is 3.86. The molecule has 4 nitrogen and oxygen atoms in total. The third-order valence-electron chi connectivity index (χ3n) is 4.47. The molecule has 0 radical (unpaired) electrons. The van der Waals surface area contributed by atoms with Crippen molar-refractivity contribution >= 4 is 11.8 Å². The molecule has 0 saturated heterocycles. The van der Waals surface area contributed by atoms with Gasteiger partial charge in [0.25, 0.3) is 0 Å². The fourth-order valence-electron chi connectivity index (χ4n) is 3.03. The topological polar surface area (TPSA) is 64.9 Å². The standard InChI is InChI=1S/C16H29N3OS/c1-12(2)13(9-10-17)7-8-16-18-15(19-20-16)11-21-14-5-3-4-6-14/h12-14H,3-11,17H2,1-2H3. The first-order chi connectivity index (χ1) is 10.2. The van der Waals surface area contributed by atoms with E-state index in [0.717, 1.165) is 48.5 Å². The maximum atomic E-state index is 5.69. The van der Waals surface area contributed by atoms with Gasteiger partial charge in [-0.05, 0) is 44.1 Å². The Labute approximate surface area is 132 Å². The summed E-state index contributed by atoms with van der Waals surface area (Å²) < 4.78 is 5.38. The molecule has 2 rings (SSSR count). The van der Waals surface area contributed by atoms with Gasteiger partial charge in [-0.1, -0.05) is 31.8 Å². The largest absolute Gasteiger partial charge is 0.339 e. The van der Waals surface area contributed by atoms with Crippen molar-refractivity contribution in [3.8, 4) is 0 Å². The van der Waals surface area contributed by atoms with Gasteiger partial charge in [-0.2, -0.15) is 16.7 Å². The Hall–Kier alpha value is -0.550. The summed E-state index contributed by atoms with van der Waals surface area (Å²) >= 11 is 1.99. The fourth-order valence-corrected chi connectivity index (χ4v) is 4.20. The van der Waals surface area contributed by atoms with Crippen LogP contribution in [0.2, 0.25) is 0 Å². The molecule has 0 spiro atoms. The highest BCUT2D eigenvalue weighted by molar-refractivity contribution is 7.99. The average Bonchev–Trinajstić information content (AvgIpc) is 3.12. The summed E-state index contributed by atoms with van der Waals surface area (Å²) in [7, 11) is 0. The van der Waals surface area contributed by atoms with Crippen LogP contribution in [0.15, 0.2) is 4.52 Å². The Balaban J connectivity index is 1.74. The van der Waals surface area contributed by atoms with Crippen LogP contribution in [0.5, 0.6) is 0 Å². The van der Waals surface area contributed by atoms with E-state index in [4.69, 9.17) is 10.3 Å². The Morgan fingerprint density at radius 3 is 2.71 bits per heavy atom. The maximum absolute atomic E-state index is 5.69. The van der Waals surface area contributed by atoms with Crippen LogP contribution in [0.3, 0.4) is 0 Å². The highest BCUT2D eigenvalue weighted by Gasteiger charge is 2.18. The number of nitrogens with two attached hydrogens (primary N) is 1. The molecular weight excluding hydrogens is 282 g/mol. The molecule has 0 bridgehead atoms. The first-order valence-corrected chi connectivity index (χ1v) is 9.37. The van der Waals surface area contributed by atoms with E-state index in [1.807, 2.05) is 11.8 Å². The molecule has 1 aromatic rings. The third-order valence-corrected chi connectivity index (χ3v) is 5.84. The summed E-state index contributed by atoms with van der Waals surface area (Å²) in [4.78, 5) is 4.53. The number of rotatable bonds is 9. The second-order valence-electron chi connectivity index (χ2n) is 6.44. The zero-order valence-corrected chi connectivity index (χ0v) is 14.2. The minimum absolute atomic E-state index is 0.651. The van der Waals surface area contributed by atoms with E-state index < -0.39 is 0 Å². The van der Waals surface area contributed by atoms with Crippen molar-refractivity contribution in [2.75, 3.05) is 6.54 Å². The van der Waals surface area contributed by atoms with Gasteiger partial charge in [-0.15, -0.1) is 0 Å². The molecule has 0 aliphatic heterocycles. The van der Waals surface area contributed by atoms with Crippen LogP contribution < -0.4 is 5.73 Å². The average molecular weight is 311 g/mol. The predicted molar refractivity (Wildman–Crippen MR) is 88.2 cm³/mol. The Morgan fingerprint density at radius 1 is 1.29 bits per heavy atom. The summed E-state index contributed by atoms with van der Waals surface area (Å²) in [5, 5.41) is 4.92. The van der Waals surface area contributed by atoms with Gasteiger partial charge in [0.1, 0.15) is 0 Å². The van der Waals surface area contributed by atoms with Gasteiger partial charge in [0.2, 0.25) is 5.89 Å². The molecule has 1 fully saturated rings. The monoisotopic (exact) mass is 311 g/mol. The van der Waals surface area contributed by atoms with Crippen molar-refractivity contribution in [1.82, 2.24) is 10.1 Å². The number of aromatic nitrogens is 2. The number of hydrogen-bond acceptors (Lipinski definition) is 5. The molecule has 21 heavy (non-hydrogen) atoms. The van der Waals surface area contributed by atoms with Crippen molar-refractivity contribution in [1.29, 1.82) is 0 Å². The maximum Gasteiger partial charge on any atom is 0.226 e. The summed E-state index contributed by atoms with van der Waals surface area (Å²) in [6.45, 7) is 5.28. The Morgan fingerprint density at radius 2 is 2.05 bits per heavy atom. The minimum atomic E-state index is 0.651. The lowest BCUT2D eigenvalue weighted by Crippen LogP contribution is -2.15. The Kier molecular flexibility index (Phi) is 7.04. The number of hydrogen-bond donors (Lipinski definition) is 1. The van der Waals surface area contributed by atoms with Crippen LogP contribution in [-0.2, 0) is 12.2 Å². The fraction of sp³-hybridized carbons (Fsp3) is 0.875. The highest BCUT2D eigenvalue weighted by Crippen LogP contribution is 2.31. The first-order valence-electron chi connectivity index (χ1n) is 8.32. The van der Waals surface area contributed by atoms with Gasteiger partial charge >= 0.3 is 0 Å². The van der Waals surface area contributed by atoms with E-state index in [2.05, 4.69) is 24.0 Å². The zero-order valence-electron chi connectivity index (χ0n) is 13.4. The van der Waals surface area contributed by atoms with Crippen LogP contribution in [-0.4, -0.2) is 21.9 Å². The van der Waals surface area contributed by atoms with Crippen molar-refractivity contribution in [3.63, 3.8) is 0 Å². The Bertz CT molecular complexity index is 402. The molecule has 0 aromatic carbocycles. The van der Waals surface area contributed by atoms with E-state index in [0.29, 0.717) is 11.8 Å². The van der Waals surface area contributed by atoms with Gasteiger partial charge in [0.15, 0.2) is 5.82 Å². The van der Waals surface area contributed by atoms with E-state index in [1.54, 1.807) is 0 Å². The predicted octanol–water partition coefficient (Wildman–Crippen LogP) is 3.80. The van der Waals surface area contributed by atoms with Gasteiger partial charge < -0.3 is 10.3 Å². The van der Waals surface area contributed by atoms with Crippen LogP contribution in [0.1, 0.15) is 64.1 Å². The van der Waals surface area contributed by atoms with Gasteiger partial charge in [0, 0.05) is 11.7 Å². The van der Waals surface area contributed by atoms with Crippen LogP contribution in [0, 0.1) is 11.8 Å².